The van der Waals surface area contributed by atoms with Crippen molar-refractivity contribution in [2.75, 3.05) is 13.1 Å². The van der Waals surface area contributed by atoms with Gasteiger partial charge in [0.05, 0.1) is 11.3 Å². The van der Waals surface area contributed by atoms with Gasteiger partial charge < -0.3 is 9.64 Å². The molecule has 1 amide bonds. The lowest BCUT2D eigenvalue weighted by molar-refractivity contribution is 0.0154. The minimum absolute atomic E-state index is 0.291. The van der Waals surface area contributed by atoms with Crippen molar-refractivity contribution in [2.24, 2.45) is 5.41 Å². The summed E-state index contributed by atoms with van der Waals surface area (Å²) in [5.41, 5.74) is 1.57. The SMILES string of the molecule is CC(C)(C)OC(=O)N1CCC2(CC1)Cc1nc(Cl)ccc1C2=C=O. The Bertz CT molecular complexity index is 724. The van der Waals surface area contributed by atoms with Crippen LogP contribution >= 0.6 is 11.6 Å². The van der Waals surface area contributed by atoms with E-state index in [2.05, 4.69) is 10.9 Å². The summed E-state index contributed by atoms with van der Waals surface area (Å²) in [5, 5.41) is 0.433. The number of nitrogens with zero attached hydrogens (tertiary/aromatic N) is 2. The van der Waals surface area contributed by atoms with Gasteiger partial charge in [0.25, 0.3) is 0 Å². The van der Waals surface area contributed by atoms with Crippen LogP contribution in [0.4, 0.5) is 4.79 Å². The van der Waals surface area contributed by atoms with Crippen molar-refractivity contribution in [1.29, 1.82) is 0 Å². The minimum Gasteiger partial charge on any atom is -0.444 e. The van der Waals surface area contributed by atoms with Gasteiger partial charge in [-0.1, -0.05) is 11.6 Å². The molecular weight excluding hydrogens is 328 g/mol. The molecule has 2 heterocycles. The zero-order valence-corrected chi connectivity index (χ0v) is 14.9. The summed E-state index contributed by atoms with van der Waals surface area (Å²) in [6.07, 6.45) is 1.77. The molecule has 24 heavy (non-hydrogen) atoms. The van der Waals surface area contributed by atoms with Gasteiger partial charge in [0, 0.05) is 30.5 Å². The molecule has 0 aromatic carbocycles. The van der Waals surface area contributed by atoms with E-state index in [1.165, 1.54) is 0 Å². The van der Waals surface area contributed by atoms with E-state index in [0.29, 0.717) is 43.1 Å². The van der Waals surface area contributed by atoms with E-state index in [-0.39, 0.29) is 11.5 Å². The van der Waals surface area contributed by atoms with Crippen molar-refractivity contribution in [1.82, 2.24) is 9.88 Å². The minimum atomic E-state index is -0.510. The first-order chi connectivity index (χ1) is 11.2. The maximum atomic E-state index is 12.2. The van der Waals surface area contributed by atoms with Crippen molar-refractivity contribution in [3.8, 4) is 0 Å². The van der Waals surface area contributed by atoms with Crippen molar-refractivity contribution in [3.63, 3.8) is 0 Å². The van der Waals surface area contributed by atoms with E-state index in [4.69, 9.17) is 16.3 Å². The Morgan fingerprint density at radius 3 is 2.58 bits per heavy atom. The van der Waals surface area contributed by atoms with Gasteiger partial charge in [-0.25, -0.2) is 14.6 Å². The van der Waals surface area contributed by atoms with Gasteiger partial charge in [0.2, 0.25) is 0 Å². The summed E-state index contributed by atoms with van der Waals surface area (Å²) in [6, 6.07) is 3.55. The molecule has 0 bridgehead atoms. The molecule has 1 spiro atoms. The number of rotatable bonds is 0. The first kappa shape index (κ1) is 17.0. The highest BCUT2D eigenvalue weighted by Gasteiger charge is 2.46. The number of carbonyl (C=O) groups is 1. The van der Waals surface area contributed by atoms with E-state index in [1.807, 2.05) is 26.8 Å². The average molecular weight is 349 g/mol. The lowest BCUT2D eigenvalue weighted by Gasteiger charge is -2.39. The standard InChI is InChI=1S/C18H21ClN2O3/c1-17(2,3)24-16(23)21-8-6-18(7-9-21)10-14-12(13(18)11-22)4-5-15(19)20-14/h4-5H,6-10H2,1-3H3. The number of piperidine rings is 1. The van der Waals surface area contributed by atoms with Crippen LogP contribution in [0.3, 0.4) is 0 Å². The van der Waals surface area contributed by atoms with Crippen molar-refractivity contribution in [3.05, 3.63) is 28.5 Å². The van der Waals surface area contributed by atoms with Crippen LogP contribution in [0.25, 0.3) is 5.57 Å². The molecule has 1 aliphatic heterocycles. The number of pyridine rings is 1. The van der Waals surface area contributed by atoms with Crippen molar-refractivity contribution >= 4 is 29.2 Å². The van der Waals surface area contributed by atoms with E-state index in [0.717, 1.165) is 11.3 Å². The Balaban J connectivity index is 1.77. The third-order valence-electron chi connectivity index (χ3n) is 4.72. The van der Waals surface area contributed by atoms with Crippen LogP contribution in [0.5, 0.6) is 0 Å². The molecule has 1 aromatic heterocycles. The molecule has 5 nitrogen and oxygen atoms in total. The second kappa shape index (κ2) is 5.91. The molecule has 6 heteroatoms. The van der Waals surface area contributed by atoms with Gasteiger partial charge in [-0.3, -0.25) is 0 Å². The number of hydrogen-bond acceptors (Lipinski definition) is 4. The van der Waals surface area contributed by atoms with Gasteiger partial charge in [-0.05, 0) is 45.7 Å². The third kappa shape index (κ3) is 3.06. The maximum absolute atomic E-state index is 12.2. The second-order valence-corrected chi connectivity index (χ2v) is 7.92. The molecule has 128 valence electrons. The second-order valence-electron chi connectivity index (χ2n) is 7.53. The quantitative estimate of drug-likeness (QED) is 0.531. The zero-order valence-electron chi connectivity index (χ0n) is 14.2. The molecule has 0 saturated carbocycles. The highest BCUT2D eigenvalue weighted by molar-refractivity contribution is 6.29. The number of carbonyl (C=O) groups excluding carboxylic acids is 2. The lowest BCUT2D eigenvalue weighted by atomic mass is 9.73. The number of ether oxygens (including phenoxy) is 1. The molecule has 3 rings (SSSR count). The van der Waals surface area contributed by atoms with Crippen LogP contribution in [0.15, 0.2) is 12.1 Å². The molecule has 0 unspecified atom stereocenters. The Kier molecular flexibility index (Phi) is 4.18. The molecule has 1 saturated heterocycles. The summed E-state index contributed by atoms with van der Waals surface area (Å²) in [4.78, 5) is 29.9. The van der Waals surface area contributed by atoms with Gasteiger partial charge in [-0.15, -0.1) is 0 Å². The first-order valence-corrected chi connectivity index (χ1v) is 8.51. The van der Waals surface area contributed by atoms with E-state index in [9.17, 15) is 9.59 Å². The largest absolute Gasteiger partial charge is 0.444 e. The van der Waals surface area contributed by atoms with Gasteiger partial charge in [0.1, 0.15) is 16.7 Å². The maximum Gasteiger partial charge on any atom is 0.410 e. The van der Waals surface area contributed by atoms with Crippen LogP contribution in [0.2, 0.25) is 5.15 Å². The van der Waals surface area contributed by atoms with E-state index in [1.54, 1.807) is 11.0 Å². The summed E-state index contributed by atoms with van der Waals surface area (Å²) >= 11 is 5.98. The third-order valence-corrected chi connectivity index (χ3v) is 4.93. The molecule has 1 aromatic rings. The Labute approximate surface area is 146 Å². The molecule has 1 aliphatic carbocycles. The monoisotopic (exact) mass is 348 g/mol. The highest BCUT2D eigenvalue weighted by Crippen LogP contribution is 2.51. The molecule has 0 N–H and O–H groups in total. The Hall–Kier alpha value is -1.84. The average Bonchev–Trinajstić information content (AvgIpc) is 2.77. The van der Waals surface area contributed by atoms with Gasteiger partial charge in [-0.2, -0.15) is 0 Å². The Morgan fingerprint density at radius 2 is 2.00 bits per heavy atom. The number of hydrogen-bond donors (Lipinski definition) is 0. The summed E-state index contributed by atoms with van der Waals surface area (Å²) in [7, 11) is 0. The fourth-order valence-corrected chi connectivity index (χ4v) is 3.73. The van der Waals surface area contributed by atoms with Crippen molar-refractivity contribution in [2.45, 2.75) is 45.6 Å². The summed E-state index contributed by atoms with van der Waals surface area (Å²) in [5.74, 6) is 2.13. The smallest absolute Gasteiger partial charge is 0.410 e. The number of aromatic nitrogens is 1. The fourth-order valence-electron chi connectivity index (χ4n) is 3.57. The molecule has 0 radical (unpaired) electrons. The van der Waals surface area contributed by atoms with Crippen LogP contribution < -0.4 is 0 Å². The molecule has 1 fully saturated rings. The number of likely N-dealkylation sites (tertiary alicyclic amines) is 1. The molecular formula is C18H21ClN2O3. The number of halogens is 1. The Morgan fingerprint density at radius 1 is 1.33 bits per heavy atom. The number of amides is 1. The first-order valence-electron chi connectivity index (χ1n) is 8.13. The van der Waals surface area contributed by atoms with Gasteiger partial charge in [0.15, 0.2) is 0 Å². The van der Waals surface area contributed by atoms with E-state index >= 15 is 0 Å². The fraction of sp³-hybridized carbons (Fsp3) is 0.556. The van der Waals surface area contributed by atoms with Crippen LogP contribution in [0.1, 0.15) is 44.9 Å². The van der Waals surface area contributed by atoms with E-state index < -0.39 is 5.60 Å². The molecule has 0 atom stereocenters. The van der Waals surface area contributed by atoms with Crippen LogP contribution in [-0.2, 0) is 16.0 Å². The predicted octanol–water partition coefficient (Wildman–Crippen LogP) is 3.52. The molecule has 2 aliphatic rings. The van der Waals surface area contributed by atoms with Crippen LogP contribution in [0, 0.1) is 5.41 Å². The highest BCUT2D eigenvalue weighted by atomic mass is 35.5. The normalized spacial score (nSPS) is 19.2. The van der Waals surface area contributed by atoms with Gasteiger partial charge >= 0.3 is 6.09 Å². The lowest BCUT2D eigenvalue weighted by Crippen LogP contribution is -2.45. The summed E-state index contributed by atoms with van der Waals surface area (Å²) in [6.45, 7) is 6.68. The topological polar surface area (TPSA) is 59.5 Å². The number of fused-ring (bicyclic) bond motifs is 1. The van der Waals surface area contributed by atoms with Crippen LogP contribution in [-0.4, -0.2) is 40.6 Å². The predicted molar refractivity (Wildman–Crippen MR) is 91.5 cm³/mol. The van der Waals surface area contributed by atoms with Crippen molar-refractivity contribution < 1.29 is 14.3 Å². The zero-order chi connectivity index (χ0) is 17.5. The summed E-state index contributed by atoms with van der Waals surface area (Å²) < 4.78 is 5.43. The number of allylic oxidation sites excluding steroid dienone is 1.